The lowest BCUT2D eigenvalue weighted by Crippen LogP contribution is -2.54. The van der Waals surface area contributed by atoms with Crippen LogP contribution in [-0.4, -0.2) is 86.0 Å². The van der Waals surface area contributed by atoms with E-state index in [-0.39, 0.29) is 53.1 Å². The Balaban J connectivity index is 0.825. The van der Waals surface area contributed by atoms with Crippen molar-refractivity contribution in [3.05, 3.63) is 81.6 Å². The number of piperidine rings is 2. The number of aliphatic hydroxyl groups is 1. The van der Waals surface area contributed by atoms with Gasteiger partial charge in [0.2, 0.25) is 17.7 Å². The maximum Gasteiger partial charge on any atom is 0.274 e. The molecule has 6 amide bonds. The topological polar surface area (TPSA) is 215 Å². The number of nitrogens with zero attached hydrogens (tertiary/aromatic N) is 5. The molecule has 2 saturated heterocycles. The van der Waals surface area contributed by atoms with Crippen LogP contribution in [0.4, 0.5) is 11.4 Å². The summed E-state index contributed by atoms with van der Waals surface area (Å²) in [6, 6.07) is 14.3. The molecule has 8 rings (SSSR count). The van der Waals surface area contributed by atoms with E-state index in [1.165, 1.54) is 12.1 Å². The number of aromatic nitrogens is 2. The molecule has 16 heteroatoms. The van der Waals surface area contributed by atoms with E-state index in [9.17, 15) is 39.1 Å². The second-order valence-electron chi connectivity index (χ2n) is 16.7. The third kappa shape index (κ3) is 8.11. The van der Waals surface area contributed by atoms with Crippen LogP contribution in [0.2, 0.25) is 0 Å². The predicted octanol–water partition coefficient (Wildman–Crippen LogP) is 5.46. The van der Waals surface area contributed by atoms with Crippen molar-refractivity contribution in [2.45, 2.75) is 89.2 Å². The fourth-order valence-electron chi connectivity index (χ4n) is 8.95. The minimum absolute atomic E-state index is 0.0363. The number of pyridine rings is 1. The van der Waals surface area contributed by atoms with Crippen molar-refractivity contribution in [1.29, 1.82) is 5.26 Å². The Kier molecular flexibility index (Phi) is 11.2. The number of hydrogen-bond donors (Lipinski definition) is 4. The van der Waals surface area contributed by atoms with E-state index in [4.69, 9.17) is 4.98 Å². The van der Waals surface area contributed by atoms with E-state index in [1.54, 1.807) is 49.4 Å². The minimum Gasteiger partial charge on any atom is -0.386 e. The lowest BCUT2D eigenvalue weighted by atomic mass is 9.81. The molecular formula is C44H46N8O7S. The quantitative estimate of drug-likeness (QED) is 0.147. The third-order valence-corrected chi connectivity index (χ3v) is 13.4. The number of carbonyl (C=O) groups excluding carboxylic acids is 6. The molecule has 1 unspecified atom stereocenters. The van der Waals surface area contributed by atoms with Gasteiger partial charge in [0.25, 0.3) is 17.7 Å². The Morgan fingerprint density at radius 3 is 2.42 bits per heavy atom. The summed E-state index contributed by atoms with van der Waals surface area (Å²) in [5, 5.41) is 29.7. The van der Waals surface area contributed by atoms with Crippen LogP contribution < -0.4 is 16.0 Å². The van der Waals surface area contributed by atoms with Crippen LogP contribution in [0.15, 0.2) is 48.5 Å². The van der Waals surface area contributed by atoms with Gasteiger partial charge in [-0.2, -0.15) is 5.26 Å². The van der Waals surface area contributed by atoms with Gasteiger partial charge in [0.15, 0.2) is 0 Å². The molecule has 4 N–H and O–H groups in total. The van der Waals surface area contributed by atoms with Crippen LogP contribution in [0, 0.1) is 23.2 Å². The van der Waals surface area contributed by atoms with Gasteiger partial charge in [0, 0.05) is 54.8 Å². The number of likely N-dealkylation sites (tertiary alicyclic amines) is 1. The van der Waals surface area contributed by atoms with E-state index in [0.717, 1.165) is 65.1 Å². The molecule has 1 aliphatic carbocycles. The predicted molar refractivity (Wildman–Crippen MR) is 222 cm³/mol. The highest BCUT2D eigenvalue weighted by molar-refractivity contribution is 7.18. The molecule has 1 saturated carbocycles. The molecule has 4 aromatic rings. The number of rotatable bonds is 10. The standard InChI is InChI=1S/C44H46N8O7S/c1-44(2,59)29-21-33-35(22-32(29)48-38(54)31-8-3-5-27(23-45)47-31)60-40(49-33)25-9-11-26(12-10-25)41(56)51-19-16-24(17-20-51)15-18-46-30-7-4-6-28-37(30)43(58)52(42(28)57)34-13-14-36(53)50-39(34)55/h3-8,21-22,24-26,34,46,59H,9-20H2,1-2H3,(H,48,54)(H,50,53,55)/t25-,26-,34?. The van der Waals surface area contributed by atoms with Gasteiger partial charge in [-0.15, -0.1) is 11.3 Å². The Bertz CT molecular complexity index is 2450. The summed E-state index contributed by atoms with van der Waals surface area (Å²) < 4.78 is 0.871. The van der Waals surface area contributed by atoms with Crippen molar-refractivity contribution in [3.8, 4) is 6.07 Å². The molecule has 2 aromatic carbocycles. The molecule has 2 aromatic heterocycles. The molecule has 5 heterocycles. The van der Waals surface area contributed by atoms with Gasteiger partial charge in [-0.25, -0.2) is 9.97 Å². The van der Waals surface area contributed by atoms with E-state index < -0.39 is 41.2 Å². The van der Waals surface area contributed by atoms with Gasteiger partial charge >= 0.3 is 0 Å². The Labute approximate surface area is 350 Å². The van der Waals surface area contributed by atoms with Crippen LogP contribution in [-0.2, 0) is 20.0 Å². The summed E-state index contributed by atoms with van der Waals surface area (Å²) >= 11 is 1.56. The Morgan fingerprint density at radius 1 is 0.950 bits per heavy atom. The van der Waals surface area contributed by atoms with E-state index in [1.807, 2.05) is 23.1 Å². The zero-order chi connectivity index (χ0) is 42.3. The first kappa shape index (κ1) is 40.7. The van der Waals surface area contributed by atoms with E-state index in [0.29, 0.717) is 42.5 Å². The van der Waals surface area contributed by atoms with E-state index in [2.05, 4.69) is 20.9 Å². The summed E-state index contributed by atoms with van der Waals surface area (Å²) in [6.07, 6.45) is 5.97. The first-order valence-corrected chi connectivity index (χ1v) is 21.3. The van der Waals surface area contributed by atoms with Crippen molar-refractivity contribution < 1.29 is 33.9 Å². The van der Waals surface area contributed by atoms with Gasteiger partial charge in [0.05, 0.1) is 32.0 Å². The second-order valence-corrected chi connectivity index (χ2v) is 17.7. The van der Waals surface area contributed by atoms with Gasteiger partial charge in [-0.3, -0.25) is 39.0 Å². The highest BCUT2D eigenvalue weighted by Gasteiger charge is 2.45. The van der Waals surface area contributed by atoms with Crippen molar-refractivity contribution in [2.24, 2.45) is 11.8 Å². The molecular weight excluding hydrogens is 785 g/mol. The number of hydrogen-bond acceptors (Lipinski definition) is 12. The van der Waals surface area contributed by atoms with Gasteiger partial charge in [0.1, 0.15) is 23.5 Å². The highest BCUT2D eigenvalue weighted by atomic mass is 32.1. The SMILES string of the molecule is CC(C)(O)c1cc2nc([C@H]3CC[C@H](C(=O)N4CCC(CCNc5cccc6c5C(=O)N(C5CCC(=O)NC5=O)C6=O)CC4)CC3)sc2cc1NC(=O)c1cccc(C#N)n1. The second kappa shape index (κ2) is 16.5. The van der Waals surface area contributed by atoms with Crippen LogP contribution in [0.5, 0.6) is 0 Å². The Morgan fingerprint density at radius 2 is 1.70 bits per heavy atom. The van der Waals surface area contributed by atoms with Crippen molar-refractivity contribution in [1.82, 2.24) is 25.1 Å². The summed E-state index contributed by atoms with van der Waals surface area (Å²) in [5.41, 5.74) is 1.68. The fourth-order valence-corrected chi connectivity index (χ4v) is 10.1. The number of nitriles is 1. The first-order chi connectivity index (χ1) is 28.8. The van der Waals surface area contributed by atoms with Crippen molar-refractivity contribution >= 4 is 68.4 Å². The van der Waals surface area contributed by atoms with E-state index >= 15 is 0 Å². The van der Waals surface area contributed by atoms with Crippen molar-refractivity contribution in [3.63, 3.8) is 0 Å². The first-order valence-electron chi connectivity index (χ1n) is 20.5. The van der Waals surface area contributed by atoms with Gasteiger partial charge in [-0.1, -0.05) is 12.1 Å². The molecule has 0 bridgehead atoms. The lowest BCUT2D eigenvalue weighted by Gasteiger charge is -2.36. The molecule has 0 radical (unpaired) electrons. The largest absolute Gasteiger partial charge is 0.386 e. The molecule has 60 heavy (non-hydrogen) atoms. The number of benzene rings is 2. The number of fused-ring (bicyclic) bond motifs is 2. The van der Waals surface area contributed by atoms with Crippen LogP contribution in [0.1, 0.15) is 125 Å². The summed E-state index contributed by atoms with van der Waals surface area (Å²) in [5.74, 6) is -1.84. The average molecular weight is 831 g/mol. The monoisotopic (exact) mass is 830 g/mol. The third-order valence-electron chi connectivity index (χ3n) is 12.2. The summed E-state index contributed by atoms with van der Waals surface area (Å²) in [7, 11) is 0. The van der Waals surface area contributed by atoms with Crippen LogP contribution in [0.3, 0.4) is 0 Å². The lowest BCUT2D eigenvalue weighted by molar-refractivity contribution is -0.138. The summed E-state index contributed by atoms with van der Waals surface area (Å²) in [6.45, 7) is 5.26. The average Bonchev–Trinajstić information content (AvgIpc) is 3.77. The number of nitrogens with one attached hydrogen (secondary N) is 3. The van der Waals surface area contributed by atoms with Gasteiger partial charge < -0.3 is 20.6 Å². The zero-order valence-electron chi connectivity index (χ0n) is 33.5. The Hall–Kier alpha value is -6.05. The maximum atomic E-state index is 13.7. The smallest absolute Gasteiger partial charge is 0.274 e. The highest BCUT2D eigenvalue weighted by Crippen LogP contribution is 2.42. The van der Waals surface area contributed by atoms with Crippen molar-refractivity contribution in [2.75, 3.05) is 30.3 Å². The zero-order valence-corrected chi connectivity index (χ0v) is 34.3. The molecule has 3 fully saturated rings. The number of imide groups is 2. The number of anilines is 2. The molecule has 3 aliphatic heterocycles. The molecule has 1 atom stereocenters. The number of thiazole rings is 1. The number of carbonyl (C=O) groups is 6. The molecule has 15 nitrogen and oxygen atoms in total. The summed E-state index contributed by atoms with van der Waals surface area (Å²) in [4.78, 5) is 89.6. The molecule has 0 spiro atoms. The van der Waals surface area contributed by atoms with Crippen LogP contribution in [0.25, 0.3) is 10.2 Å². The van der Waals surface area contributed by atoms with Crippen LogP contribution >= 0.6 is 11.3 Å². The molecule has 4 aliphatic rings. The fraction of sp³-hybridized carbons (Fsp3) is 0.432. The maximum absolute atomic E-state index is 13.7. The van der Waals surface area contributed by atoms with Gasteiger partial charge in [-0.05, 0) is 108 Å². The number of amides is 6. The molecule has 310 valence electrons. The normalized spacial score (nSPS) is 21.1. The minimum atomic E-state index is -1.27.